The fourth-order valence-electron chi connectivity index (χ4n) is 2.84. The number of rotatable bonds is 5. The number of hydrogen-bond acceptors (Lipinski definition) is 5. The predicted molar refractivity (Wildman–Crippen MR) is 85.8 cm³/mol. The third-order valence-corrected chi connectivity index (χ3v) is 4.98. The third-order valence-electron chi connectivity index (χ3n) is 4.00. The van der Waals surface area contributed by atoms with Crippen LogP contribution in [-0.4, -0.2) is 41.0 Å². The van der Waals surface area contributed by atoms with Crippen LogP contribution in [0.3, 0.4) is 0 Å². The summed E-state index contributed by atoms with van der Waals surface area (Å²) in [5.74, 6) is 0.848. The van der Waals surface area contributed by atoms with Gasteiger partial charge in [-0.1, -0.05) is 12.8 Å². The average Bonchev–Trinajstić information content (AvgIpc) is 3.09. The largest absolute Gasteiger partial charge is 0.368 e. The molecule has 0 unspecified atom stereocenters. The first-order valence-electron chi connectivity index (χ1n) is 7.09. The molecule has 0 aliphatic heterocycles. The molecule has 0 spiro atoms. The van der Waals surface area contributed by atoms with Gasteiger partial charge in [0.25, 0.3) is 0 Å². The molecule has 4 nitrogen and oxygen atoms in total. The van der Waals surface area contributed by atoms with E-state index in [1.165, 1.54) is 25.7 Å². The van der Waals surface area contributed by atoms with Crippen LogP contribution in [-0.2, 0) is 0 Å². The van der Waals surface area contributed by atoms with E-state index in [2.05, 4.69) is 27.2 Å². The van der Waals surface area contributed by atoms with Gasteiger partial charge in [-0.05, 0) is 42.9 Å². The monoisotopic (exact) mass is 310 g/mol. The van der Waals surface area contributed by atoms with Crippen LogP contribution in [0.2, 0.25) is 5.28 Å². The lowest BCUT2D eigenvalue weighted by molar-refractivity contribution is 0.254. The Labute approximate surface area is 128 Å². The van der Waals surface area contributed by atoms with Crippen molar-refractivity contribution in [3.05, 3.63) is 16.7 Å². The average molecular weight is 311 g/mol. The molecule has 1 N–H and O–H groups in total. The summed E-state index contributed by atoms with van der Waals surface area (Å²) < 4.78 is 0. The van der Waals surface area contributed by atoms with Gasteiger partial charge in [-0.2, -0.15) is 0 Å². The number of likely N-dealkylation sites (N-methyl/N-ethyl adjacent to an activating group) is 1. The summed E-state index contributed by atoms with van der Waals surface area (Å²) in [4.78, 5) is 11.9. The number of nitrogens with one attached hydrogen (secondary N) is 1. The Balaban J connectivity index is 1.60. The molecular formula is C14H19ClN4S. The lowest BCUT2D eigenvalue weighted by Gasteiger charge is -2.24. The SMILES string of the molecule is CN(CCNc1nc(Cl)nc2sccc12)C1CCCC1. The minimum absolute atomic E-state index is 0.312. The van der Waals surface area contributed by atoms with Crippen LogP contribution >= 0.6 is 22.9 Å². The van der Waals surface area contributed by atoms with Crippen molar-refractivity contribution in [3.8, 4) is 0 Å². The van der Waals surface area contributed by atoms with E-state index in [0.29, 0.717) is 5.28 Å². The zero-order valence-electron chi connectivity index (χ0n) is 11.6. The Morgan fingerprint density at radius 1 is 1.40 bits per heavy atom. The van der Waals surface area contributed by atoms with Crippen molar-refractivity contribution in [2.75, 3.05) is 25.5 Å². The summed E-state index contributed by atoms with van der Waals surface area (Å²) in [6.45, 7) is 1.91. The van der Waals surface area contributed by atoms with Gasteiger partial charge >= 0.3 is 0 Å². The molecule has 0 radical (unpaired) electrons. The minimum atomic E-state index is 0.312. The van der Waals surface area contributed by atoms with Crippen molar-refractivity contribution in [2.45, 2.75) is 31.7 Å². The molecule has 6 heteroatoms. The van der Waals surface area contributed by atoms with E-state index in [4.69, 9.17) is 11.6 Å². The Morgan fingerprint density at radius 2 is 2.20 bits per heavy atom. The zero-order chi connectivity index (χ0) is 13.9. The van der Waals surface area contributed by atoms with Crippen LogP contribution in [0, 0.1) is 0 Å². The first-order valence-corrected chi connectivity index (χ1v) is 8.34. The van der Waals surface area contributed by atoms with E-state index in [-0.39, 0.29) is 0 Å². The Kier molecular flexibility index (Phi) is 4.38. The molecule has 3 rings (SSSR count). The Morgan fingerprint density at radius 3 is 3.00 bits per heavy atom. The van der Waals surface area contributed by atoms with E-state index in [1.54, 1.807) is 11.3 Å². The van der Waals surface area contributed by atoms with Crippen molar-refractivity contribution < 1.29 is 0 Å². The van der Waals surface area contributed by atoms with E-state index in [1.807, 2.05) is 11.4 Å². The molecule has 1 aliphatic rings. The maximum atomic E-state index is 5.96. The maximum absolute atomic E-state index is 5.96. The molecule has 20 heavy (non-hydrogen) atoms. The number of thiophene rings is 1. The molecule has 1 aliphatic carbocycles. The van der Waals surface area contributed by atoms with Gasteiger partial charge < -0.3 is 10.2 Å². The van der Waals surface area contributed by atoms with Gasteiger partial charge in [-0.3, -0.25) is 0 Å². The number of halogens is 1. The van der Waals surface area contributed by atoms with E-state index in [9.17, 15) is 0 Å². The van der Waals surface area contributed by atoms with Crippen LogP contribution in [0.5, 0.6) is 0 Å². The molecule has 2 aromatic rings. The number of hydrogen-bond donors (Lipinski definition) is 1. The second kappa shape index (κ2) is 6.24. The summed E-state index contributed by atoms with van der Waals surface area (Å²) >= 11 is 7.55. The number of aromatic nitrogens is 2. The predicted octanol–water partition coefficient (Wildman–Crippen LogP) is 3.63. The summed E-state index contributed by atoms with van der Waals surface area (Å²) in [5, 5.41) is 6.79. The van der Waals surface area contributed by atoms with Crippen LogP contribution < -0.4 is 5.32 Å². The zero-order valence-corrected chi connectivity index (χ0v) is 13.2. The third kappa shape index (κ3) is 3.05. The Bertz CT molecular complexity index is 580. The highest BCUT2D eigenvalue weighted by Crippen LogP contribution is 2.26. The molecule has 0 bridgehead atoms. The maximum Gasteiger partial charge on any atom is 0.225 e. The molecule has 0 atom stereocenters. The van der Waals surface area contributed by atoms with Gasteiger partial charge in [0.1, 0.15) is 10.6 Å². The second-order valence-electron chi connectivity index (χ2n) is 5.33. The molecule has 2 heterocycles. The Hall–Kier alpha value is -0.910. The summed E-state index contributed by atoms with van der Waals surface area (Å²) in [6.07, 6.45) is 5.42. The highest BCUT2D eigenvalue weighted by atomic mass is 35.5. The summed E-state index contributed by atoms with van der Waals surface area (Å²) in [7, 11) is 2.21. The van der Waals surface area contributed by atoms with Crippen LogP contribution in [0.4, 0.5) is 5.82 Å². The van der Waals surface area contributed by atoms with Gasteiger partial charge in [-0.25, -0.2) is 9.97 Å². The fraction of sp³-hybridized carbons (Fsp3) is 0.571. The number of anilines is 1. The number of nitrogens with zero attached hydrogens (tertiary/aromatic N) is 3. The minimum Gasteiger partial charge on any atom is -0.368 e. The lowest BCUT2D eigenvalue weighted by atomic mass is 10.2. The number of fused-ring (bicyclic) bond motifs is 1. The molecule has 1 fully saturated rings. The quantitative estimate of drug-likeness (QED) is 0.856. The lowest BCUT2D eigenvalue weighted by Crippen LogP contribution is -2.33. The molecule has 108 valence electrons. The molecule has 0 aromatic carbocycles. The molecule has 0 saturated heterocycles. The van der Waals surface area contributed by atoms with E-state index < -0.39 is 0 Å². The highest BCUT2D eigenvalue weighted by Gasteiger charge is 2.19. The first kappa shape index (κ1) is 14.0. The second-order valence-corrected chi connectivity index (χ2v) is 6.56. The normalized spacial score (nSPS) is 16.4. The van der Waals surface area contributed by atoms with Crippen molar-refractivity contribution in [2.24, 2.45) is 0 Å². The van der Waals surface area contributed by atoms with Crippen LogP contribution in [0.1, 0.15) is 25.7 Å². The van der Waals surface area contributed by atoms with Crippen LogP contribution in [0.15, 0.2) is 11.4 Å². The summed E-state index contributed by atoms with van der Waals surface area (Å²) in [6, 6.07) is 2.80. The van der Waals surface area contributed by atoms with E-state index in [0.717, 1.165) is 35.2 Å². The van der Waals surface area contributed by atoms with Gasteiger partial charge in [-0.15, -0.1) is 11.3 Å². The van der Waals surface area contributed by atoms with Crippen molar-refractivity contribution in [1.82, 2.24) is 14.9 Å². The van der Waals surface area contributed by atoms with Crippen LogP contribution in [0.25, 0.3) is 10.2 Å². The smallest absolute Gasteiger partial charge is 0.225 e. The summed E-state index contributed by atoms with van der Waals surface area (Å²) in [5.41, 5.74) is 0. The first-order chi connectivity index (χ1) is 9.74. The van der Waals surface area contributed by atoms with Crippen molar-refractivity contribution in [1.29, 1.82) is 0 Å². The van der Waals surface area contributed by atoms with Gasteiger partial charge in [0.15, 0.2) is 0 Å². The van der Waals surface area contributed by atoms with Crippen molar-refractivity contribution in [3.63, 3.8) is 0 Å². The molecule has 1 saturated carbocycles. The van der Waals surface area contributed by atoms with Gasteiger partial charge in [0, 0.05) is 19.1 Å². The van der Waals surface area contributed by atoms with Gasteiger partial charge in [0.2, 0.25) is 5.28 Å². The highest BCUT2D eigenvalue weighted by molar-refractivity contribution is 7.16. The van der Waals surface area contributed by atoms with E-state index >= 15 is 0 Å². The fourth-order valence-corrected chi connectivity index (χ4v) is 3.83. The standard InChI is InChI=1S/C14H19ClN4S/c1-19(10-4-2-3-5-10)8-7-16-12-11-6-9-20-13(11)18-14(15)17-12/h6,9-10H,2-5,7-8H2,1H3,(H,16,17,18). The molecule has 0 amide bonds. The van der Waals surface area contributed by atoms with Crippen molar-refractivity contribution >= 4 is 39.0 Å². The molecule has 2 aromatic heterocycles. The van der Waals surface area contributed by atoms with Gasteiger partial charge in [0.05, 0.1) is 5.39 Å². The topological polar surface area (TPSA) is 41.0 Å². The molecular weight excluding hydrogens is 292 g/mol.